The van der Waals surface area contributed by atoms with E-state index in [9.17, 15) is 4.39 Å². The van der Waals surface area contributed by atoms with E-state index in [1.54, 1.807) is 6.07 Å². The van der Waals surface area contributed by atoms with E-state index in [2.05, 4.69) is 25.9 Å². The van der Waals surface area contributed by atoms with E-state index in [4.69, 9.17) is 0 Å². The lowest BCUT2D eigenvalue weighted by Crippen LogP contribution is -1.89. The van der Waals surface area contributed by atoms with Gasteiger partial charge in [0.15, 0.2) is 0 Å². The van der Waals surface area contributed by atoms with E-state index in [1.807, 2.05) is 24.3 Å². The first-order valence-electron chi connectivity index (χ1n) is 5.57. The molecule has 0 bridgehead atoms. The maximum Gasteiger partial charge on any atom is 0.138 e. The third kappa shape index (κ3) is 1.93. The molecule has 0 spiro atoms. The van der Waals surface area contributed by atoms with Crippen molar-refractivity contribution in [1.82, 2.24) is 9.97 Å². The van der Waals surface area contributed by atoms with Crippen LogP contribution >= 0.6 is 15.9 Å². The molecule has 90 valence electrons. The third-order valence-corrected chi connectivity index (χ3v) is 3.46. The molecule has 0 aliphatic heterocycles. The maximum atomic E-state index is 13.2. The van der Waals surface area contributed by atoms with E-state index in [-0.39, 0.29) is 5.82 Å². The van der Waals surface area contributed by atoms with Gasteiger partial charge in [-0.2, -0.15) is 0 Å². The first-order chi connectivity index (χ1) is 8.78. The fourth-order valence-corrected chi connectivity index (χ4v) is 2.45. The summed E-state index contributed by atoms with van der Waals surface area (Å²) in [5.41, 5.74) is 3.70. The summed E-state index contributed by atoms with van der Waals surface area (Å²) in [6, 6.07) is 12.6. The number of para-hydroxylation sites is 2. The van der Waals surface area contributed by atoms with Gasteiger partial charge >= 0.3 is 0 Å². The van der Waals surface area contributed by atoms with Gasteiger partial charge in [-0.3, -0.25) is 0 Å². The molecule has 0 saturated heterocycles. The van der Waals surface area contributed by atoms with E-state index < -0.39 is 0 Å². The quantitative estimate of drug-likeness (QED) is 0.704. The molecule has 0 radical (unpaired) electrons. The molecule has 2 nitrogen and oxygen atoms in total. The Morgan fingerprint density at radius 2 is 2.00 bits per heavy atom. The zero-order chi connectivity index (χ0) is 12.5. The molecule has 0 amide bonds. The molecule has 3 aromatic rings. The zero-order valence-electron chi connectivity index (χ0n) is 9.45. The van der Waals surface area contributed by atoms with Gasteiger partial charge in [0.25, 0.3) is 0 Å². The van der Waals surface area contributed by atoms with Crippen molar-refractivity contribution in [1.29, 1.82) is 0 Å². The molecule has 0 unspecified atom stereocenters. The minimum Gasteiger partial charge on any atom is -0.338 e. The normalized spacial score (nSPS) is 11.0. The summed E-state index contributed by atoms with van der Waals surface area (Å²) < 4.78 is 13.2. The molecule has 0 atom stereocenters. The van der Waals surface area contributed by atoms with E-state index in [1.165, 1.54) is 12.1 Å². The Bertz CT molecular complexity index is 673. The topological polar surface area (TPSA) is 28.7 Å². The highest BCUT2D eigenvalue weighted by Gasteiger charge is 2.09. The summed E-state index contributed by atoms with van der Waals surface area (Å²) in [6.45, 7) is 0. The fourth-order valence-electron chi connectivity index (χ4n) is 1.98. The monoisotopic (exact) mass is 304 g/mol. The Morgan fingerprint density at radius 1 is 1.17 bits per heavy atom. The second-order valence-electron chi connectivity index (χ2n) is 4.04. The maximum absolute atomic E-state index is 13.2. The molecule has 18 heavy (non-hydrogen) atoms. The molecule has 1 heterocycles. The molecule has 0 aliphatic carbocycles. The highest BCUT2D eigenvalue weighted by Crippen LogP contribution is 2.26. The van der Waals surface area contributed by atoms with E-state index in [0.29, 0.717) is 5.33 Å². The van der Waals surface area contributed by atoms with Gasteiger partial charge in [-0.05, 0) is 35.9 Å². The number of fused-ring (bicyclic) bond motifs is 1. The minimum absolute atomic E-state index is 0.232. The number of hydrogen-bond donors (Lipinski definition) is 1. The highest BCUT2D eigenvalue weighted by molar-refractivity contribution is 9.08. The van der Waals surface area contributed by atoms with Gasteiger partial charge in [-0.25, -0.2) is 9.37 Å². The van der Waals surface area contributed by atoms with Gasteiger partial charge in [-0.15, -0.1) is 0 Å². The Kier molecular flexibility index (Phi) is 2.88. The van der Waals surface area contributed by atoms with Crippen LogP contribution in [-0.4, -0.2) is 9.97 Å². The van der Waals surface area contributed by atoms with Crippen molar-refractivity contribution in [2.24, 2.45) is 0 Å². The van der Waals surface area contributed by atoms with Crippen molar-refractivity contribution in [2.45, 2.75) is 5.33 Å². The average molecular weight is 305 g/mol. The van der Waals surface area contributed by atoms with Crippen molar-refractivity contribution >= 4 is 27.0 Å². The lowest BCUT2D eigenvalue weighted by Gasteiger charge is -2.03. The lowest BCUT2D eigenvalue weighted by atomic mass is 10.1. The van der Waals surface area contributed by atoms with Crippen LogP contribution in [0.25, 0.3) is 22.4 Å². The Balaban J connectivity index is 2.19. The number of H-pyrrole nitrogens is 1. The van der Waals surface area contributed by atoms with Gasteiger partial charge in [0.05, 0.1) is 11.0 Å². The largest absolute Gasteiger partial charge is 0.338 e. The summed E-state index contributed by atoms with van der Waals surface area (Å²) in [6.07, 6.45) is 0. The van der Waals surface area contributed by atoms with Crippen LogP contribution in [0.3, 0.4) is 0 Å². The van der Waals surface area contributed by atoms with Crippen LogP contribution in [0.5, 0.6) is 0 Å². The molecular formula is C14H10BrFN2. The summed E-state index contributed by atoms with van der Waals surface area (Å²) in [5, 5.41) is 0.594. The van der Waals surface area contributed by atoms with E-state index in [0.717, 1.165) is 28.0 Å². The van der Waals surface area contributed by atoms with Crippen molar-refractivity contribution in [3.8, 4) is 11.4 Å². The van der Waals surface area contributed by atoms with Crippen molar-refractivity contribution in [3.05, 3.63) is 53.8 Å². The fraction of sp³-hybridized carbons (Fsp3) is 0.0714. The van der Waals surface area contributed by atoms with Crippen LogP contribution in [0.2, 0.25) is 0 Å². The first-order valence-corrected chi connectivity index (χ1v) is 6.69. The number of rotatable bonds is 2. The third-order valence-electron chi connectivity index (χ3n) is 2.86. The summed E-state index contributed by atoms with van der Waals surface area (Å²) in [5.74, 6) is 0.537. The van der Waals surface area contributed by atoms with Gasteiger partial charge in [0.2, 0.25) is 0 Å². The van der Waals surface area contributed by atoms with Crippen molar-refractivity contribution in [3.63, 3.8) is 0 Å². The number of imidazole rings is 1. The number of nitrogens with one attached hydrogen (secondary N) is 1. The minimum atomic E-state index is -0.232. The van der Waals surface area contributed by atoms with Crippen LogP contribution in [0.1, 0.15) is 5.56 Å². The Labute approximate surface area is 112 Å². The Morgan fingerprint density at radius 3 is 2.78 bits per heavy atom. The smallest absolute Gasteiger partial charge is 0.138 e. The molecular weight excluding hydrogens is 295 g/mol. The van der Waals surface area contributed by atoms with Gasteiger partial charge < -0.3 is 4.98 Å². The van der Waals surface area contributed by atoms with E-state index >= 15 is 0 Å². The summed E-state index contributed by atoms with van der Waals surface area (Å²) in [7, 11) is 0. The molecule has 1 aromatic heterocycles. The standard InChI is InChI=1S/C14H10BrFN2/c15-8-9-7-10(16)5-6-11(9)14-17-12-3-1-2-4-13(12)18-14/h1-7H,8H2,(H,17,18). The predicted molar refractivity (Wildman–Crippen MR) is 74.1 cm³/mol. The number of hydrogen-bond acceptors (Lipinski definition) is 1. The van der Waals surface area contributed by atoms with Gasteiger partial charge in [0.1, 0.15) is 11.6 Å². The molecule has 0 fully saturated rings. The number of nitrogens with zero attached hydrogens (tertiary/aromatic N) is 1. The molecule has 0 aliphatic rings. The van der Waals surface area contributed by atoms with Crippen LogP contribution in [0.15, 0.2) is 42.5 Å². The second-order valence-corrected chi connectivity index (χ2v) is 4.60. The molecule has 2 aromatic carbocycles. The Hall–Kier alpha value is -1.68. The SMILES string of the molecule is Fc1ccc(-c2nc3ccccc3[nH]2)c(CBr)c1. The highest BCUT2D eigenvalue weighted by atomic mass is 79.9. The van der Waals surface area contributed by atoms with Crippen molar-refractivity contribution in [2.75, 3.05) is 0 Å². The molecule has 0 saturated carbocycles. The predicted octanol–water partition coefficient (Wildman–Crippen LogP) is 4.26. The van der Waals surface area contributed by atoms with Crippen LogP contribution in [0.4, 0.5) is 4.39 Å². The van der Waals surface area contributed by atoms with Crippen molar-refractivity contribution < 1.29 is 4.39 Å². The molecule has 1 N–H and O–H groups in total. The first kappa shape index (κ1) is 11.4. The number of aromatic amines is 1. The molecule has 3 rings (SSSR count). The number of alkyl halides is 1. The van der Waals surface area contributed by atoms with Gasteiger partial charge in [-0.1, -0.05) is 28.1 Å². The van der Waals surface area contributed by atoms with Crippen LogP contribution in [-0.2, 0) is 5.33 Å². The molecule has 4 heteroatoms. The number of halogens is 2. The van der Waals surface area contributed by atoms with Crippen LogP contribution in [0, 0.1) is 5.82 Å². The van der Waals surface area contributed by atoms with Gasteiger partial charge in [0, 0.05) is 10.9 Å². The summed E-state index contributed by atoms with van der Waals surface area (Å²) in [4.78, 5) is 7.77. The lowest BCUT2D eigenvalue weighted by molar-refractivity contribution is 0.626. The second kappa shape index (κ2) is 4.53. The van der Waals surface area contributed by atoms with Crippen LogP contribution < -0.4 is 0 Å². The average Bonchev–Trinajstić information content (AvgIpc) is 2.82. The summed E-state index contributed by atoms with van der Waals surface area (Å²) >= 11 is 3.38. The zero-order valence-corrected chi connectivity index (χ0v) is 11.0. The number of aromatic nitrogens is 2. The number of benzene rings is 2.